The van der Waals surface area contributed by atoms with E-state index in [0.29, 0.717) is 5.69 Å². The first-order valence-electron chi connectivity index (χ1n) is 3.47. The van der Waals surface area contributed by atoms with Crippen LogP contribution >= 0.6 is 11.6 Å². The molecular weight excluding hydrogens is 180 g/mol. The number of nitrogens with two attached hydrogens (primary N) is 2. The maximum atomic E-state index is 9.46. The van der Waals surface area contributed by atoms with Crippen LogP contribution in [0.1, 0.15) is 11.8 Å². The van der Waals surface area contributed by atoms with Gasteiger partial charge in [-0.2, -0.15) is 0 Å². The van der Waals surface area contributed by atoms with E-state index in [2.05, 4.69) is 9.97 Å². The molecule has 1 rings (SSSR count). The van der Waals surface area contributed by atoms with Gasteiger partial charge in [-0.05, 0) is 0 Å². The molecule has 0 spiro atoms. The fraction of sp³-hybridized carbons (Fsp3) is 0.500. The Morgan fingerprint density at radius 2 is 2.42 bits per heavy atom. The first-order chi connectivity index (χ1) is 5.65. The van der Waals surface area contributed by atoms with E-state index in [-0.39, 0.29) is 12.5 Å². The van der Waals surface area contributed by atoms with Crippen LogP contribution in [0, 0.1) is 0 Å². The van der Waals surface area contributed by atoms with Crippen LogP contribution in [0.3, 0.4) is 0 Å². The average molecular weight is 191 g/mol. The van der Waals surface area contributed by atoms with E-state index in [0.717, 1.165) is 0 Å². The number of hydrogen-bond donors (Lipinski definition) is 4. The highest BCUT2D eigenvalue weighted by Gasteiger charge is 2.18. The number of nitrogen functional groups attached to an aromatic ring is 1. The third-order valence-corrected chi connectivity index (χ3v) is 1.92. The Morgan fingerprint density at radius 1 is 1.75 bits per heavy atom. The van der Waals surface area contributed by atoms with Gasteiger partial charge < -0.3 is 21.6 Å². The summed E-state index contributed by atoms with van der Waals surface area (Å²) in [7, 11) is 0. The van der Waals surface area contributed by atoms with Crippen molar-refractivity contribution in [1.82, 2.24) is 9.97 Å². The van der Waals surface area contributed by atoms with Gasteiger partial charge in [-0.1, -0.05) is 0 Å². The molecule has 12 heavy (non-hydrogen) atoms. The summed E-state index contributed by atoms with van der Waals surface area (Å²) in [4.78, 5) is 6.38. The Kier molecular flexibility index (Phi) is 2.91. The molecule has 0 radical (unpaired) electrons. The summed E-state index contributed by atoms with van der Waals surface area (Å²) in [5.74, 6) is 0.255. The van der Waals surface area contributed by atoms with Crippen LogP contribution in [-0.2, 0) is 0 Å². The Morgan fingerprint density at radius 3 is 2.83 bits per heavy atom. The van der Waals surface area contributed by atoms with Crippen LogP contribution in [0.15, 0.2) is 6.20 Å². The zero-order valence-corrected chi connectivity index (χ0v) is 7.12. The highest BCUT2D eigenvalue weighted by Crippen LogP contribution is 2.18. The lowest BCUT2D eigenvalue weighted by atomic mass is 10.2. The Hall–Kier alpha value is -0.780. The van der Waals surface area contributed by atoms with Gasteiger partial charge >= 0.3 is 0 Å². The van der Waals surface area contributed by atoms with Crippen molar-refractivity contribution in [3.8, 4) is 0 Å². The van der Waals surface area contributed by atoms with Crippen molar-refractivity contribution in [2.24, 2.45) is 5.73 Å². The van der Waals surface area contributed by atoms with E-state index in [4.69, 9.17) is 23.1 Å². The summed E-state index contributed by atoms with van der Waals surface area (Å²) >= 11 is 5.70. The SMILES string of the molecule is NC[C@H](Cl)C(O)c1cnc(N)[nH]1. The molecular formula is C6H11ClN4O. The minimum atomic E-state index is -0.846. The number of anilines is 1. The first-order valence-corrected chi connectivity index (χ1v) is 3.91. The molecule has 0 saturated carbocycles. The highest BCUT2D eigenvalue weighted by molar-refractivity contribution is 6.21. The number of imidazole rings is 1. The van der Waals surface area contributed by atoms with E-state index >= 15 is 0 Å². The van der Waals surface area contributed by atoms with Gasteiger partial charge in [0.05, 0.1) is 17.3 Å². The van der Waals surface area contributed by atoms with Crippen molar-refractivity contribution in [3.05, 3.63) is 11.9 Å². The Labute approximate surface area is 74.7 Å². The van der Waals surface area contributed by atoms with Crippen LogP contribution in [0.25, 0.3) is 0 Å². The lowest BCUT2D eigenvalue weighted by Gasteiger charge is -2.12. The van der Waals surface area contributed by atoms with Gasteiger partial charge in [-0.15, -0.1) is 11.6 Å². The third kappa shape index (κ3) is 1.88. The molecule has 68 valence electrons. The van der Waals surface area contributed by atoms with Gasteiger partial charge in [0.2, 0.25) is 0 Å². The fourth-order valence-corrected chi connectivity index (χ4v) is 0.961. The number of aliphatic hydroxyl groups excluding tert-OH is 1. The largest absolute Gasteiger partial charge is 0.385 e. The predicted molar refractivity (Wildman–Crippen MR) is 46.7 cm³/mol. The van der Waals surface area contributed by atoms with Crippen molar-refractivity contribution in [2.45, 2.75) is 11.5 Å². The molecule has 1 aromatic rings. The number of nitrogens with zero attached hydrogens (tertiary/aromatic N) is 1. The van der Waals surface area contributed by atoms with Crippen LogP contribution in [0.5, 0.6) is 0 Å². The minimum absolute atomic E-state index is 0.196. The molecule has 0 bridgehead atoms. The van der Waals surface area contributed by atoms with Crippen LogP contribution < -0.4 is 11.5 Å². The number of aromatic amines is 1. The van der Waals surface area contributed by atoms with Crippen LogP contribution in [0.4, 0.5) is 5.95 Å². The molecule has 6 heteroatoms. The number of halogens is 1. The molecule has 0 aliphatic heterocycles. The monoisotopic (exact) mass is 190 g/mol. The number of hydrogen-bond acceptors (Lipinski definition) is 4. The first kappa shape index (κ1) is 9.31. The molecule has 0 fully saturated rings. The van der Waals surface area contributed by atoms with E-state index in [1.54, 1.807) is 0 Å². The van der Waals surface area contributed by atoms with Gasteiger partial charge in [-0.25, -0.2) is 4.98 Å². The van der Waals surface area contributed by atoms with E-state index in [1.807, 2.05) is 0 Å². The highest BCUT2D eigenvalue weighted by atomic mass is 35.5. The maximum absolute atomic E-state index is 9.46. The van der Waals surface area contributed by atoms with Gasteiger partial charge in [0.15, 0.2) is 5.95 Å². The Bertz CT molecular complexity index is 251. The zero-order valence-electron chi connectivity index (χ0n) is 6.37. The van der Waals surface area contributed by atoms with Gasteiger partial charge in [-0.3, -0.25) is 0 Å². The van der Waals surface area contributed by atoms with E-state index in [9.17, 15) is 5.11 Å². The molecule has 0 amide bonds. The quantitative estimate of drug-likeness (QED) is 0.487. The van der Waals surface area contributed by atoms with Crippen LogP contribution in [-0.4, -0.2) is 27.0 Å². The Balaban J connectivity index is 2.70. The van der Waals surface area contributed by atoms with Gasteiger partial charge in [0.1, 0.15) is 6.10 Å². The van der Waals surface area contributed by atoms with E-state index in [1.165, 1.54) is 6.20 Å². The maximum Gasteiger partial charge on any atom is 0.197 e. The van der Waals surface area contributed by atoms with Crippen molar-refractivity contribution in [2.75, 3.05) is 12.3 Å². The molecule has 0 aliphatic carbocycles. The van der Waals surface area contributed by atoms with E-state index < -0.39 is 11.5 Å². The van der Waals surface area contributed by atoms with Crippen LogP contribution in [0.2, 0.25) is 0 Å². The van der Waals surface area contributed by atoms with Crippen molar-refractivity contribution >= 4 is 17.5 Å². The molecule has 6 N–H and O–H groups in total. The van der Waals surface area contributed by atoms with Crippen molar-refractivity contribution < 1.29 is 5.11 Å². The topological polar surface area (TPSA) is 101 Å². The number of H-pyrrole nitrogens is 1. The normalized spacial score (nSPS) is 15.9. The number of aliphatic hydroxyl groups is 1. The number of rotatable bonds is 3. The fourth-order valence-electron chi connectivity index (χ4n) is 0.826. The predicted octanol–water partition coefficient (Wildman–Crippen LogP) is -0.409. The van der Waals surface area contributed by atoms with Gasteiger partial charge in [0, 0.05) is 6.54 Å². The lowest BCUT2D eigenvalue weighted by Crippen LogP contribution is -2.22. The lowest BCUT2D eigenvalue weighted by molar-refractivity contribution is 0.170. The average Bonchev–Trinajstić information content (AvgIpc) is 2.49. The molecule has 1 unspecified atom stereocenters. The second-order valence-corrected chi connectivity index (χ2v) is 2.98. The third-order valence-electron chi connectivity index (χ3n) is 1.50. The minimum Gasteiger partial charge on any atom is -0.385 e. The summed E-state index contributed by atoms with van der Waals surface area (Å²) in [6.45, 7) is 0.196. The summed E-state index contributed by atoms with van der Waals surface area (Å²) < 4.78 is 0. The standard InChI is InChI=1S/C6H11ClN4O/c7-3(1-8)5(12)4-2-10-6(9)11-4/h2-3,5,12H,1,8H2,(H3,9,10,11)/t3-,5?/m0/s1. The smallest absolute Gasteiger partial charge is 0.197 e. The van der Waals surface area contributed by atoms with Crippen molar-refractivity contribution in [1.29, 1.82) is 0 Å². The second-order valence-electron chi connectivity index (χ2n) is 2.42. The molecule has 1 aromatic heterocycles. The number of nitrogens with one attached hydrogen (secondary N) is 1. The molecule has 1 heterocycles. The molecule has 0 aliphatic rings. The summed E-state index contributed by atoms with van der Waals surface area (Å²) in [6, 6.07) is 0. The summed E-state index contributed by atoms with van der Waals surface area (Å²) in [6.07, 6.45) is 0.590. The number of aromatic nitrogens is 2. The number of alkyl halides is 1. The summed E-state index contributed by atoms with van der Waals surface area (Å²) in [5.41, 5.74) is 11.0. The molecule has 2 atom stereocenters. The second kappa shape index (κ2) is 3.75. The molecule has 5 nitrogen and oxygen atoms in total. The summed E-state index contributed by atoms with van der Waals surface area (Å²) in [5, 5.41) is 8.94. The van der Waals surface area contributed by atoms with Gasteiger partial charge in [0.25, 0.3) is 0 Å². The molecule has 0 aromatic carbocycles. The van der Waals surface area contributed by atoms with Crippen molar-refractivity contribution in [3.63, 3.8) is 0 Å². The zero-order chi connectivity index (χ0) is 9.14. The molecule has 0 saturated heterocycles.